The summed E-state index contributed by atoms with van der Waals surface area (Å²) in [4.78, 5) is 12.2. The molecule has 0 spiro atoms. The highest BCUT2D eigenvalue weighted by atomic mass is 79.9. The first kappa shape index (κ1) is 18.9. The van der Waals surface area contributed by atoms with Crippen LogP contribution >= 0.6 is 39.3 Å². The van der Waals surface area contributed by atoms with Gasteiger partial charge in [-0.3, -0.25) is 4.79 Å². The summed E-state index contributed by atoms with van der Waals surface area (Å²) in [6, 6.07) is 14.8. The zero-order valence-electron chi connectivity index (χ0n) is 13.8. The molecule has 134 valence electrons. The number of rotatable bonds is 6. The molecule has 0 aliphatic heterocycles. The first-order valence-corrected chi connectivity index (χ1v) is 9.94. The van der Waals surface area contributed by atoms with Gasteiger partial charge in [-0.25, -0.2) is 0 Å². The summed E-state index contributed by atoms with van der Waals surface area (Å²) >= 11 is 10.7. The van der Waals surface area contributed by atoms with Crippen molar-refractivity contribution >= 4 is 45.2 Å². The second-order valence-corrected chi connectivity index (χ2v) is 7.73. The zero-order valence-corrected chi connectivity index (χ0v) is 16.9. The lowest BCUT2D eigenvalue weighted by molar-refractivity contribution is -0.119. The van der Waals surface area contributed by atoms with Crippen molar-refractivity contribution in [2.75, 3.05) is 5.75 Å². The van der Waals surface area contributed by atoms with Crippen LogP contribution in [0.25, 0.3) is 11.5 Å². The van der Waals surface area contributed by atoms with Crippen LogP contribution in [0.15, 0.2) is 62.6 Å². The van der Waals surface area contributed by atoms with Crippen molar-refractivity contribution in [2.24, 2.45) is 0 Å². The lowest BCUT2D eigenvalue weighted by atomic mass is 10.1. The molecular weight excluding hydrogens is 438 g/mol. The first-order chi connectivity index (χ1) is 12.5. The van der Waals surface area contributed by atoms with E-state index in [4.69, 9.17) is 16.0 Å². The third-order valence-electron chi connectivity index (χ3n) is 3.57. The Morgan fingerprint density at radius 2 is 1.96 bits per heavy atom. The standard InChI is InChI=1S/C18H15BrClN3O2S/c1-11(14-4-2-3-5-15(14)20)21-16(24)10-26-18-23-22-17(25-18)12-6-8-13(19)9-7-12/h2-9,11H,10H2,1H3,(H,21,24). The predicted molar refractivity (Wildman–Crippen MR) is 106 cm³/mol. The number of amides is 1. The normalized spacial score (nSPS) is 12.0. The summed E-state index contributed by atoms with van der Waals surface area (Å²) in [5.74, 6) is 0.465. The first-order valence-electron chi connectivity index (χ1n) is 7.79. The van der Waals surface area contributed by atoms with Gasteiger partial charge in [0.05, 0.1) is 11.8 Å². The number of carbonyl (C=O) groups is 1. The summed E-state index contributed by atoms with van der Waals surface area (Å²) < 4.78 is 6.56. The SMILES string of the molecule is CC(NC(=O)CSc1nnc(-c2ccc(Br)cc2)o1)c1ccccc1Cl. The van der Waals surface area contributed by atoms with Gasteiger partial charge in [-0.05, 0) is 42.8 Å². The van der Waals surface area contributed by atoms with E-state index >= 15 is 0 Å². The van der Waals surface area contributed by atoms with Crippen LogP contribution in [-0.2, 0) is 4.79 Å². The summed E-state index contributed by atoms with van der Waals surface area (Å²) in [5.41, 5.74) is 1.70. The molecule has 1 aromatic heterocycles. The van der Waals surface area contributed by atoms with Crippen LogP contribution < -0.4 is 5.32 Å². The summed E-state index contributed by atoms with van der Waals surface area (Å²) in [6.07, 6.45) is 0. The Hall–Kier alpha value is -1.83. The third kappa shape index (κ3) is 4.87. The van der Waals surface area contributed by atoms with Crippen molar-refractivity contribution in [3.63, 3.8) is 0 Å². The second kappa shape index (κ2) is 8.70. The van der Waals surface area contributed by atoms with Crippen LogP contribution in [0.1, 0.15) is 18.5 Å². The Kier molecular flexibility index (Phi) is 6.34. The van der Waals surface area contributed by atoms with Crippen LogP contribution in [0.4, 0.5) is 0 Å². The Labute approximate surface area is 168 Å². The molecule has 0 aliphatic rings. The fourth-order valence-corrected chi connectivity index (χ4v) is 3.43. The number of aromatic nitrogens is 2. The van der Waals surface area contributed by atoms with E-state index in [1.54, 1.807) is 6.07 Å². The number of halogens is 2. The zero-order chi connectivity index (χ0) is 18.5. The van der Waals surface area contributed by atoms with Crippen molar-refractivity contribution in [3.8, 4) is 11.5 Å². The minimum absolute atomic E-state index is 0.134. The Morgan fingerprint density at radius 1 is 1.23 bits per heavy atom. The van der Waals surface area contributed by atoms with E-state index in [1.165, 1.54) is 11.8 Å². The number of hydrogen-bond acceptors (Lipinski definition) is 5. The van der Waals surface area contributed by atoms with E-state index in [1.807, 2.05) is 49.4 Å². The Balaban J connectivity index is 1.55. The molecule has 1 atom stereocenters. The van der Waals surface area contributed by atoms with Gasteiger partial charge in [0.25, 0.3) is 5.22 Å². The van der Waals surface area contributed by atoms with E-state index < -0.39 is 0 Å². The average Bonchev–Trinajstić information content (AvgIpc) is 3.10. The molecule has 2 aromatic carbocycles. The van der Waals surface area contributed by atoms with Gasteiger partial charge in [0.2, 0.25) is 11.8 Å². The highest BCUT2D eigenvalue weighted by Crippen LogP contribution is 2.25. The van der Waals surface area contributed by atoms with Crippen molar-refractivity contribution < 1.29 is 9.21 Å². The number of nitrogens with zero attached hydrogens (tertiary/aromatic N) is 2. The lowest BCUT2D eigenvalue weighted by Gasteiger charge is -2.15. The van der Waals surface area contributed by atoms with Crippen molar-refractivity contribution in [1.29, 1.82) is 0 Å². The van der Waals surface area contributed by atoms with Crippen molar-refractivity contribution in [2.45, 2.75) is 18.2 Å². The second-order valence-electron chi connectivity index (χ2n) is 5.48. The number of nitrogens with one attached hydrogen (secondary N) is 1. The van der Waals surface area contributed by atoms with Gasteiger partial charge >= 0.3 is 0 Å². The van der Waals surface area contributed by atoms with Crippen molar-refractivity contribution in [1.82, 2.24) is 15.5 Å². The van der Waals surface area contributed by atoms with E-state index in [0.717, 1.165) is 15.6 Å². The molecule has 0 bridgehead atoms. The molecule has 0 fully saturated rings. The largest absolute Gasteiger partial charge is 0.411 e. The minimum atomic E-state index is -0.183. The molecule has 8 heteroatoms. The van der Waals surface area contributed by atoms with Gasteiger partial charge in [-0.1, -0.05) is 57.5 Å². The minimum Gasteiger partial charge on any atom is -0.411 e. The molecule has 26 heavy (non-hydrogen) atoms. The molecule has 1 amide bonds. The maximum Gasteiger partial charge on any atom is 0.277 e. The van der Waals surface area contributed by atoms with Crippen LogP contribution in [0.2, 0.25) is 5.02 Å². The molecule has 0 saturated carbocycles. The number of benzene rings is 2. The third-order valence-corrected chi connectivity index (χ3v) is 5.26. The highest BCUT2D eigenvalue weighted by Gasteiger charge is 2.14. The van der Waals surface area contributed by atoms with Gasteiger partial charge in [-0.15, -0.1) is 10.2 Å². The van der Waals surface area contributed by atoms with Crippen molar-refractivity contribution in [3.05, 3.63) is 63.6 Å². The average molecular weight is 453 g/mol. The van der Waals surface area contributed by atoms with E-state index in [0.29, 0.717) is 16.1 Å². The predicted octanol–water partition coefficient (Wildman–Crippen LogP) is 5.12. The quantitative estimate of drug-likeness (QED) is 0.526. The lowest BCUT2D eigenvalue weighted by Crippen LogP contribution is -2.28. The molecule has 3 rings (SSSR count). The van der Waals surface area contributed by atoms with Gasteiger partial charge in [-0.2, -0.15) is 0 Å². The highest BCUT2D eigenvalue weighted by molar-refractivity contribution is 9.10. The Morgan fingerprint density at radius 3 is 2.69 bits per heavy atom. The van der Waals surface area contributed by atoms with Gasteiger partial charge < -0.3 is 9.73 Å². The number of hydrogen-bond donors (Lipinski definition) is 1. The fourth-order valence-electron chi connectivity index (χ4n) is 2.29. The van der Waals surface area contributed by atoms with E-state index in [2.05, 4.69) is 31.4 Å². The van der Waals surface area contributed by atoms with Gasteiger partial charge in [0.15, 0.2) is 0 Å². The molecule has 1 unspecified atom stereocenters. The number of carbonyl (C=O) groups excluding carboxylic acids is 1. The molecule has 0 radical (unpaired) electrons. The van der Waals surface area contributed by atoms with Gasteiger partial charge in [0.1, 0.15) is 0 Å². The van der Waals surface area contributed by atoms with Gasteiger partial charge in [0, 0.05) is 15.1 Å². The van der Waals surface area contributed by atoms with Crippen LogP contribution in [-0.4, -0.2) is 21.9 Å². The smallest absolute Gasteiger partial charge is 0.277 e. The molecule has 0 aliphatic carbocycles. The molecule has 1 heterocycles. The maximum atomic E-state index is 12.2. The topological polar surface area (TPSA) is 68.0 Å². The molecule has 5 nitrogen and oxygen atoms in total. The summed E-state index contributed by atoms with van der Waals surface area (Å²) in [5, 5.41) is 11.9. The van der Waals surface area contributed by atoms with Crippen LogP contribution in [0.3, 0.4) is 0 Å². The van der Waals surface area contributed by atoms with E-state index in [9.17, 15) is 4.79 Å². The summed E-state index contributed by atoms with van der Waals surface area (Å²) in [7, 11) is 0. The Bertz CT molecular complexity index is 901. The molecular formula is C18H15BrClN3O2S. The molecule has 0 saturated heterocycles. The van der Waals surface area contributed by atoms with Crippen LogP contribution in [0, 0.1) is 0 Å². The molecule has 3 aromatic rings. The molecule has 1 N–H and O–H groups in total. The fraction of sp³-hybridized carbons (Fsp3) is 0.167. The summed E-state index contributed by atoms with van der Waals surface area (Å²) in [6.45, 7) is 1.89. The maximum absolute atomic E-state index is 12.2. The van der Waals surface area contributed by atoms with E-state index in [-0.39, 0.29) is 17.7 Å². The van der Waals surface area contributed by atoms with Crippen LogP contribution in [0.5, 0.6) is 0 Å². The number of thioether (sulfide) groups is 1. The monoisotopic (exact) mass is 451 g/mol.